The number of rotatable bonds is 1. The Kier molecular flexibility index (Phi) is 3.65. The highest BCUT2D eigenvalue weighted by Crippen LogP contribution is 2.36. The second-order valence-corrected chi connectivity index (χ2v) is 6.13. The van der Waals surface area contributed by atoms with Crippen LogP contribution in [0.3, 0.4) is 0 Å². The fourth-order valence-corrected chi connectivity index (χ4v) is 2.90. The quantitative estimate of drug-likeness (QED) is 0.605. The SMILES string of the molecule is CN1C(=O)/C(=C\c2cc(Br)c(O)cc2O)SC1=S. The van der Waals surface area contributed by atoms with Gasteiger partial charge in [0.25, 0.3) is 5.91 Å². The number of benzene rings is 1. The number of carbonyl (C=O) groups excluding carboxylic acids is 1. The molecule has 0 radical (unpaired) electrons. The fourth-order valence-electron chi connectivity index (χ4n) is 1.37. The third-order valence-electron chi connectivity index (χ3n) is 2.37. The first-order chi connectivity index (χ1) is 8.40. The van der Waals surface area contributed by atoms with Crippen LogP contribution in [0.5, 0.6) is 11.5 Å². The van der Waals surface area contributed by atoms with E-state index >= 15 is 0 Å². The molecule has 4 nitrogen and oxygen atoms in total. The second-order valence-electron chi connectivity index (χ2n) is 3.60. The molecule has 1 aliphatic rings. The number of phenolic OH excluding ortho intramolecular Hbond substituents is 2. The Balaban J connectivity index is 2.43. The van der Waals surface area contributed by atoms with E-state index in [0.717, 1.165) is 0 Å². The Morgan fingerprint density at radius 3 is 2.61 bits per heavy atom. The van der Waals surface area contributed by atoms with E-state index in [1.54, 1.807) is 13.1 Å². The number of halogens is 1. The standard InChI is InChI=1S/C11H8BrNO3S2/c1-13-10(16)9(18-11(13)17)3-5-2-6(12)8(15)4-7(5)14/h2-4,14-15H,1H3/b9-3+. The maximum atomic E-state index is 11.8. The van der Waals surface area contributed by atoms with Crippen molar-refractivity contribution < 1.29 is 15.0 Å². The summed E-state index contributed by atoms with van der Waals surface area (Å²) in [4.78, 5) is 13.6. The highest BCUT2D eigenvalue weighted by Gasteiger charge is 2.28. The first kappa shape index (κ1) is 13.4. The van der Waals surface area contributed by atoms with Crippen LogP contribution in [0.4, 0.5) is 0 Å². The number of nitrogens with zero attached hydrogens (tertiary/aromatic N) is 1. The molecule has 0 atom stereocenters. The van der Waals surface area contributed by atoms with Crippen LogP contribution in [-0.2, 0) is 4.79 Å². The van der Waals surface area contributed by atoms with E-state index in [4.69, 9.17) is 12.2 Å². The molecule has 2 rings (SSSR count). The van der Waals surface area contributed by atoms with Gasteiger partial charge in [0.15, 0.2) is 0 Å². The van der Waals surface area contributed by atoms with Crippen molar-refractivity contribution in [1.29, 1.82) is 0 Å². The van der Waals surface area contributed by atoms with Crippen LogP contribution in [-0.4, -0.2) is 32.4 Å². The van der Waals surface area contributed by atoms with Gasteiger partial charge in [-0.1, -0.05) is 24.0 Å². The highest BCUT2D eigenvalue weighted by molar-refractivity contribution is 9.10. The van der Waals surface area contributed by atoms with Crippen LogP contribution in [0.1, 0.15) is 5.56 Å². The largest absolute Gasteiger partial charge is 0.507 e. The Morgan fingerprint density at radius 2 is 2.06 bits per heavy atom. The number of likely N-dealkylation sites (N-methyl/N-ethyl adjacent to an activating group) is 1. The smallest absolute Gasteiger partial charge is 0.265 e. The molecule has 1 aromatic rings. The lowest BCUT2D eigenvalue weighted by Gasteiger charge is -2.04. The number of hydrogen-bond acceptors (Lipinski definition) is 5. The molecule has 7 heteroatoms. The van der Waals surface area contributed by atoms with Crippen LogP contribution in [0.25, 0.3) is 6.08 Å². The van der Waals surface area contributed by atoms with Crippen LogP contribution in [0, 0.1) is 0 Å². The lowest BCUT2D eigenvalue weighted by Crippen LogP contribution is -2.22. The lowest BCUT2D eigenvalue weighted by molar-refractivity contribution is -0.121. The summed E-state index contributed by atoms with van der Waals surface area (Å²) in [6.45, 7) is 0. The van der Waals surface area contributed by atoms with E-state index in [9.17, 15) is 15.0 Å². The second kappa shape index (κ2) is 4.91. The molecule has 1 aliphatic heterocycles. The van der Waals surface area contributed by atoms with Gasteiger partial charge in [-0.15, -0.1) is 0 Å². The van der Waals surface area contributed by atoms with E-state index in [0.29, 0.717) is 19.3 Å². The minimum absolute atomic E-state index is 0.0623. The maximum Gasteiger partial charge on any atom is 0.265 e. The summed E-state index contributed by atoms with van der Waals surface area (Å²) in [5.74, 6) is -0.363. The number of amides is 1. The van der Waals surface area contributed by atoms with Crippen molar-refractivity contribution in [2.75, 3.05) is 7.05 Å². The monoisotopic (exact) mass is 345 g/mol. The van der Waals surface area contributed by atoms with E-state index < -0.39 is 0 Å². The molecule has 0 aromatic heterocycles. The predicted molar refractivity (Wildman–Crippen MR) is 78.4 cm³/mol. The van der Waals surface area contributed by atoms with Gasteiger partial charge in [0.1, 0.15) is 15.8 Å². The van der Waals surface area contributed by atoms with Crippen molar-refractivity contribution in [2.45, 2.75) is 0 Å². The average Bonchev–Trinajstić information content (AvgIpc) is 2.54. The van der Waals surface area contributed by atoms with Gasteiger partial charge in [0.05, 0.1) is 9.38 Å². The van der Waals surface area contributed by atoms with Gasteiger partial charge >= 0.3 is 0 Å². The first-order valence-corrected chi connectivity index (χ1v) is 6.85. The van der Waals surface area contributed by atoms with Crippen molar-refractivity contribution in [1.82, 2.24) is 4.90 Å². The number of hydrogen-bond donors (Lipinski definition) is 2. The van der Waals surface area contributed by atoms with Gasteiger partial charge in [-0.25, -0.2) is 0 Å². The Labute approximate surface area is 121 Å². The number of carbonyl (C=O) groups is 1. The normalized spacial score (nSPS) is 17.9. The lowest BCUT2D eigenvalue weighted by atomic mass is 10.1. The van der Waals surface area contributed by atoms with Crippen molar-refractivity contribution in [2.24, 2.45) is 0 Å². The van der Waals surface area contributed by atoms with Crippen LogP contribution in [0.15, 0.2) is 21.5 Å². The van der Waals surface area contributed by atoms with E-state index in [-0.39, 0.29) is 17.4 Å². The molecule has 1 heterocycles. The van der Waals surface area contributed by atoms with Gasteiger partial charge in [-0.05, 0) is 28.1 Å². The number of thiocarbonyl (C=S) groups is 1. The van der Waals surface area contributed by atoms with Crippen LogP contribution < -0.4 is 0 Å². The fraction of sp³-hybridized carbons (Fsp3) is 0.0909. The van der Waals surface area contributed by atoms with E-state index in [1.807, 2.05) is 0 Å². The van der Waals surface area contributed by atoms with Crippen molar-refractivity contribution in [3.8, 4) is 11.5 Å². The maximum absolute atomic E-state index is 11.8. The summed E-state index contributed by atoms with van der Waals surface area (Å²) in [6.07, 6.45) is 1.54. The summed E-state index contributed by atoms with van der Waals surface area (Å²) in [7, 11) is 1.60. The summed E-state index contributed by atoms with van der Waals surface area (Å²) in [5, 5.41) is 19.1. The molecule has 2 N–H and O–H groups in total. The minimum atomic E-state index is -0.200. The predicted octanol–water partition coefficient (Wildman–Crippen LogP) is 2.69. The molecule has 0 unspecified atom stereocenters. The van der Waals surface area contributed by atoms with Crippen molar-refractivity contribution >= 4 is 56.2 Å². The van der Waals surface area contributed by atoms with Gasteiger partial charge in [-0.3, -0.25) is 9.69 Å². The Morgan fingerprint density at radius 1 is 1.39 bits per heavy atom. The van der Waals surface area contributed by atoms with Gasteiger partial charge in [0.2, 0.25) is 0 Å². The Bertz CT molecular complexity index is 586. The molecule has 1 saturated heterocycles. The van der Waals surface area contributed by atoms with Gasteiger partial charge in [-0.2, -0.15) is 0 Å². The number of thioether (sulfide) groups is 1. The highest BCUT2D eigenvalue weighted by atomic mass is 79.9. The van der Waals surface area contributed by atoms with Gasteiger partial charge < -0.3 is 10.2 Å². The molecule has 0 spiro atoms. The molecule has 1 amide bonds. The molecule has 18 heavy (non-hydrogen) atoms. The number of phenols is 2. The van der Waals surface area contributed by atoms with Gasteiger partial charge in [0, 0.05) is 18.7 Å². The molecular weight excluding hydrogens is 338 g/mol. The number of aromatic hydroxyl groups is 2. The third kappa shape index (κ3) is 2.38. The molecule has 0 saturated carbocycles. The molecule has 1 fully saturated rings. The molecule has 1 aromatic carbocycles. The Hall–Kier alpha value is -1.05. The minimum Gasteiger partial charge on any atom is -0.507 e. The zero-order valence-corrected chi connectivity index (χ0v) is 12.4. The topological polar surface area (TPSA) is 60.8 Å². The van der Waals surface area contributed by atoms with Crippen molar-refractivity contribution in [3.05, 3.63) is 27.1 Å². The molecule has 0 aliphatic carbocycles. The van der Waals surface area contributed by atoms with E-state index in [1.165, 1.54) is 28.8 Å². The molecule has 94 valence electrons. The third-order valence-corrected chi connectivity index (χ3v) is 4.49. The summed E-state index contributed by atoms with van der Waals surface area (Å²) < 4.78 is 0.919. The van der Waals surface area contributed by atoms with Crippen LogP contribution in [0.2, 0.25) is 0 Å². The molecule has 0 bridgehead atoms. The summed E-state index contributed by atoms with van der Waals surface area (Å²) >= 11 is 9.33. The average molecular weight is 346 g/mol. The zero-order chi connectivity index (χ0) is 13.4. The first-order valence-electron chi connectivity index (χ1n) is 4.83. The van der Waals surface area contributed by atoms with Crippen molar-refractivity contribution in [3.63, 3.8) is 0 Å². The van der Waals surface area contributed by atoms with Crippen LogP contribution >= 0.6 is 39.9 Å². The summed E-state index contributed by atoms with van der Waals surface area (Å²) in [5.41, 5.74) is 0.439. The summed E-state index contributed by atoms with van der Waals surface area (Å²) in [6, 6.07) is 2.75. The zero-order valence-electron chi connectivity index (χ0n) is 9.18. The van der Waals surface area contributed by atoms with E-state index in [2.05, 4.69) is 15.9 Å². The molecular formula is C11H8BrNO3S2.